The van der Waals surface area contributed by atoms with Crippen LogP contribution in [0.1, 0.15) is 93.0 Å². The van der Waals surface area contributed by atoms with Crippen molar-refractivity contribution in [2.24, 2.45) is 5.92 Å². The zero-order chi connectivity index (χ0) is 29.4. The van der Waals surface area contributed by atoms with E-state index in [1.807, 2.05) is 47.6 Å². The van der Waals surface area contributed by atoms with Gasteiger partial charge in [-0.15, -0.1) is 0 Å². The van der Waals surface area contributed by atoms with Crippen molar-refractivity contribution in [3.05, 3.63) is 55.5 Å². The highest BCUT2D eigenvalue weighted by molar-refractivity contribution is 6.33. The lowest BCUT2D eigenvalue weighted by Crippen LogP contribution is -2.48. The lowest BCUT2D eigenvalue weighted by molar-refractivity contribution is -0.121. The number of hydrogen-bond donors (Lipinski definition) is 3. The smallest absolute Gasteiger partial charge is 0.407 e. The lowest BCUT2D eigenvalue weighted by atomic mass is 9.81. The molecule has 10 heteroatoms. The van der Waals surface area contributed by atoms with E-state index in [-0.39, 0.29) is 35.0 Å². The van der Waals surface area contributed by atoms with Gasteiger partial charge in [-0.05, 0) is 84.4 Å². The van der Waals surface area contributed by atoms with E-state index in [2.05, 4.69) is 15.6 Å². The molecule has 0 saturated heterocycles. The van der Waals surface area contributed by atoms with Crippen LogP contribution >= 0.6 is 11.6 Å². The molecule has 1 atom stereocenters. The van der Waals surface area contributed by atoms with Crippen molar-refractivity contribution < 1.29 is 23.8 Å². The van der Waals surface area contributed by atoms with Gasteiger partial charge in [0.15, 0.2) is 11.5 Å². The van der Waals surface area contributed by atoms with Crippen molar-refractivity contribution >= 4 is 23.6 Å². The van der Waals surface area contributed by atoms with Crippen molar-refractivity contribution in [1.29, 1.82) is 0 Å². The van der Waals surface area contributed by atoms with Gasteiger partial charge in [0.05, 0.1) is 5.02 Å². The van der Waals surface area contributed by atoms with E-state index in [1.54, 1.807) is 13.0 Å². The number of nitrogens with one attached hydrogen (secondary N) is 3. The summed E-state index contributed by atoms with van der Waals surface area (Å²) < 4.78 is 18.1. The molecule has 4 rings (SSSR count). The predicted molar refractivity (Wildman–Crippen MR) is 153 cm³/mol. The molecule has 1 aromatic heterocycles. The van der Waals surface area contributed by atoms with Gasteiger partial charge in [-0.1, -0.05) is 18.5 Å². The molecule has 1 unspecified atom stereocenters. The number of ether oxygens (including phenoxy) is 3. The molecular formula is C30H40ClN3O6. The van der Waals surface area contributed by atoms with E-state index in [1.165, 1.54) is 0 Å². The van der Waals surface area contributed by atoms with Crippen molar-refractivity contribution in [2.45, 2.75) is 105 Å². The first kappa shape index (κ1) is 29.8. The third-order valence-corrected chi connectivity index (χ3v) is 7.93. The third-order valence-electron chi connectivity index (χ3n) is 7.65. The monoisotopic (exact) mass is 573 g/mol. The molecule has 1 aromatic carbocycles. The largest absolute Gasteiger partial charge is 0.448 e. The Morgan fingerprint density at radius 1 is 1.12 bits per heavy atom. The number of benzene rings is 1. The van der Waals surface area contributed by atoms with Gasteiger partial charge in [-0.3, -0.25) is 9.59 Å². The molecular weight excluding hydrogens is 534 g/mol. The topological polar surface area (TPSA) is 119 Å². The average molecular weight is 574 g/mol. The number of aryl methyl sites for hydroxylation is 2. The van der Waals surface area contributed by atoms with Crippen LogP contribution in [0.5, 0.6) is 11.5 Å². The Bertz CT molecular complexity index is 1360. The minimum Gasteiger partial charge on any atom is -0.448 e. The summed E-state index contributed by atoms with van der Waals surface area (Å²) in [4.78, 5) is 40.7. The van der Waals surface area contributed by atoms with E-state index in [9.17, 15) is 14.4 Å². The molecule has 3 N–H and O–H groups in total. The van der Waals surface area contributed by atoms with Crippen LogP contribution in [-0.4, -0.2) is 34.4 Å². The van der Waals surface area contributed by atoms with Gasteiger partial charge in [0.2, 0.25) is 0 Å². The molecule has 40 heavy (non-hydrogen) atoms. The number of halogens is 1. The Hall–Kier alpha value is -3.20. The molecule has 218 valence electrons. The number of rotatable bonds is 6. The van der Waals surface area contributed by atoms with E-state index in [0.29, 0.717) is 34.6 Å². The predicted octanol–water partition coefficient (Wildman–Crippen LogP) is 5.71. The number of amides is 2. The minimum absolute atomic E-state index is 0.0214. The van der Waals surface area contributed by atoms with Crippen LogP contribution in [0.4, 0.5) is 4.79 Å². The van der Waals surface area contributed by atoms with E-state index >= 15 is 0 Å². The molecule has 2 amide bonds. The molecule has 2 aliphatic rings. The first-order valence-electron chi connectivity index (χ1n) is 13.9. The molecule has 0 spiro atoms. The molecule has 0 bridgehead atoms. The first-order chi connectivity index (χ1) is 18.7. The second-order valence-corrected chi connectivity index (χ2v) is 12.3. The van der Waals surface area contributed by atoms with E-state index < -0.39 is 17.5 Å². The summed E-state index contributed by atoms with van der Waals surface area (Å²) in [6.07, 6.45) is 3.36. The Morgan fingerprint density at radius 3 is 2.40 bits per heavy atom. The van der Waals surface area contributed by atoms with Gasteiger partial charge in [0, 0.05) is 47.8 Å². The molecule has 1 saturated carbocycles. The van der Waals surface area contributed by atoms with Crippen LogP contribution < -0.4 is 25.7 Å². The summed E-state index contributed by atoms with van der Waals surface area (Å²) in [6.45, 7) is 13.1. The molecule has 1 fully saturated rings. The molecule has 1 aliphatic carbocycles. The van der Waals surface area contributed by atoms with Gasteiger partial charge in [0.25, 0.3) is 17.3 Å². The number of hydrogen-bond acceptors (Lipinski definition) is 6. The van der Waals surface area contributed by atoms with Gasteiger partial charge < -0.3 is 29.8 Å². The van der Waals surface area contributed by atoms with E-state index in [0.717, 1.165) is 36.9 Å². The van der Waals surface area contributed by atoms with Crippen molar-refractivity contribution in [3.8, 4) is 11.5 Å². The zero-order valence-electron chi connectivity index (χ0n) is 24.4. The van der Waals surface area contributed by atoms with Crippen molar-refractivity contribution in [1.82, 2.24) is 15.6 Å². The molecule has 1 aliphatic heterocycles. The van der Waals surface area contributed by atoms with Crippen LogP contribution in [0.15, 0.2) is 16.9 Å². The highest BCUT2D eigenvalue weighted by Gasteiger charge is 2.47. The summed E-state index contributed by atoms with van der Waals surface area (Å²) in [5.41, 5.74) is 2.45. The first-order valence-corrected chi connectivity index (χ1v) is 14.3. The number of pyridine rings is 1. The zero-order valence-corrected chi connectivity index (χ0v) is 25.1. The minimum atomic E-state index is -0.950. The van der Waals surface area contributed by atoms with Gasteiger partial charge >= 0.3 is 6.09 Å². The molecule has 9 nitrogen and oxygen atoms in total. The second-order valence-electron chi connectivity index (χ2n) is 11.9. The average Bonchev–Trinajstić information content (AvgIpc) is 3.24. The van der Waals surface area contributed by atoms with Crippen LogP contribution in [0.2, 0.25) is 5.02 Å². The Labute approximate surface area is 240 Å². The van der Waals surface area contributed by atoms with Gasteiger partial charge in [0.1, 0.15) is 5.60 Å². The van der Waals surface area contributed by atoms with Crippen LogP contribution in [0.3, 0.4) is 0 Å². The highest BCUT2D eigenvalue weighted by Crippen LogP contribution is 2.51. The third kappa shape index (κ3) is 6.40. The molecule has 2 heterocycles. The number of fused-ring (bicyclic) bond motifs is 1. The van der Waals surface area contributed by atoms with Crippen LogP contribution in [0, 0.1) is 19.8 Å². The standard InChI is InChI=1S/C30H40ClN3O6/c1-8-18-13-16(2)33-27(36)22(18)15-32-26(35)21-14-23(31)25-24(17(21)3)38-30(7,39-25)19-9-11-20(12-10-19)34-28(37)40-29(4,5)6/h13-14,19-20H,8-12,15H2,1-7H3,(H,32,35)(H,33,36)(H,34,37). The Kier molecular flexibility index (Phi) is 8.45. The van der Waals surface area contributed by atoms with Crippen molar-refractivity contribution in [3.63, 3.8) is 0 Å². The lowest BCUT2D eigenvalue weighted by Gasteiger charge is -2.37. The summed E-state index contributed by atoms with van der Waals surface area (Å²) in [5, 5.41) is 6.12. The SMILES string of the molecule is CCc1cc(C)[nH]c(=O)c1CNC(=O)c1cc(Cl)c2c(c1C)OC(C)(C1CCC(NC(=O)OC(C)(C)C)CC1)O2. The molecule has 0 radical (unpaired) electrons. The van der Waals surface area contributed by atoms with Gasteiger partial charge in [-0.2, -0.15) is 0 Å². The summed E-state index contributed by atoms with van der Waals surface area (Å²) in [6, 6.07) is 3.53. The fourth-order valence-corrected chi connectivity index (χ4v) is 5.78. The number of alkyl carbamates (subject to hydrolysis) is 1. The van der Waals surface area contributed by atoms with Crippen LogP contribution in [0.25, 0.3) is 0 Å². The second kappa shape index (κ2) is 11.4. The quantitative estimate of drug-likeness (QED) is 0.407. The maximum Gasteiger partial charge on any atom is 0.407 e. The number of aromatic amines is 1. The normalized spacial score (nSPS) is 22.1. The summed E-state index contributed by atoms with van der Waals surface area (Å²) >= 11 is 6.60. The van der Waals surface area contributed by atoms with Crippen molar-refractivity contribution in [2.75, 3.05) is 0 Å². The summed E-state index contributed by atoms with van der Waals surface area (Å²) in [5.74, 6) is -0.360. The number of aromatic nitrogens is 1. The fourth-order valence-electron chi connectivity index (χ4n) is 5.54. The number of carbonyl (C=O) groups excluding carboxylic acids is 2. The van der Waals surface area contributed by atoms with Gasteiger partial charge in [-0.25, -0.2) is 4.79 Å². The highest BCUT2D eigenvalue weighted by atomic mass is 35.5. The number of H-pyrrole nitrogens is 1. The van der Waals surface area contributed by atoms with E-state index in [4.69, 9.17) is 25.8 Å². The molecule has 2 aromatic rings. The summed E-state index contributed by atoms with van der Waals surface area (Å²) in [7, 11) is 0. The Balaban J connectivity index is 1.43. The fraction of sp³-hybridized carbons (Fsp3) is 0.567. The Morgan fingerprint density at radius 2 is 1.77 bits per heavy atom. The maximum absolute atomic E-state index is 13.2. The maximum atomic E-state index is 13.2. The number of carbonyl (C=O) groups is 2. The van der Waals surface area contributed by atoms with Crippen LogP contribution in [-0.2, 0) is 17.7 Å².